The van der Waals surface area contributed by atoms with E-state index in [1.54, 1.807) is 11.1 Å². The van der Waals surface area contributed by atoms with Crippen LogP contribution in [0.25, 0.3) is 11.6 Å². The third-order valence-corrected chi connectivity index (χ3v) is 3.25. The highest BCUT2D eigenvalue weighted by Crippen LogP contribution is 2.14. The van der Waals surface area contributed by atoms with Gasteiger partial charge in [0.15, 0.2) is 5.76 Å². The molecule has 0 aromatic carbocycles. The zero-order valence-electron chi connectivity index (χ0n) is 11.7. The fourth-order valence-electron chi connectivity index (χ4n) is 1.91. The van der Waals surface area contributed by atoms with E-state index in [0.29, 0.717) is 17.6 Å². The van der Waals surface area contributed by atoms with E-state index < -0.39 is 0 Å². The summed E-state index contributed by atoms with van der Waals surface area (Å²) in [6.07, 6.45) is 3.87. The van der Waals surface area contributed by atoms with Crippen molar-refractivity contribution in [3.05, 3.63) is 18.4 Å². The van der Waals surface area contributed by atoms with Gasteiger partial charge in [0.2, 0.25) is 5.82 Å². The van der Waals surface area contributed by atoms with Crippen LogP contribution in [0.2, 0.25) is 0 Å². The number of aromatic nitrogens is 4. The van der Waals surface area contributed by atoms with Crippen LogP contribution in [0.5, 0.6) is 0 Å². The Kier molecular flexibility index (Phi) is 4.68. The Labute approximate surface area is 113 Å². The van der Waals surface area contributed by atoms with E-state index in [9.17, 15) is 0 Å². The molecule has 0 amide bonds. The SMILES string of the molecule is CCC(CC)NCC(C)n1nnc(-c2ccco2)n1. The molecular weight excluding hydrogens is 242 g/mol. The van der Waals surface area contributed by atoms with Crippen LogP contribution in [-0.2, 0) is 0 Å². The summed E-state index contributed by atoms with van der Waals surface area (Å²) >= 11 is 0. The van der Waals surface area contributed by atoms with E-state index in [2.05, 4.69) is 41.5 Å². The van der Waals surface area contributed by atoms with Gasteiger partial charge in [-0.15, -0.1) is 10.2 Å². The van der Waals surface area contributed by atoms with Crippen LogP contribution in [0.3, 0.4) is 0 Å². The third kappa shape index (κ3) is 3.41. The maximum Gasteiger partial charge on any atom is 0.240 e. The molecule has 0 saturated carbocycles. The summed E-state index contributed by atoms with van der Waals surface area (Å²) in [5, 5.41) is 15.9. The summed E-state index contributed by atoms with van der Waals surface area (Å²) in [4.78, 5) is 1.63. The van der Waals surface area contributed by atoms with Gasteiger partial charge in [-0.2, -0.15) is 4.80 Å². The van der Waals surface area contributed by atoms with E-state index in [1.807, 2.05) is 12.1 Å². The van der Waals surface area contributed by atoms with Crippen LogP contribution in [-0.4, -0.2) is 32.8 Å². The second-order valence-electron chi connectivity index (χ2n) is 4.68. The van der Waals surface area contributed by atoms with Crippen molar-refractivity contribution < 1.29 is 4.42 Å². The van der Waals surface area contributed by atoms with Gasteiger partial charge in [0.05, 0.1) is 12.3 Å². The minimum absolute atomic E-state index is 0.164. The zero-order valence-corrected chi connectivity index (χ0v) is 11.7. The van der Waals surface area contributed by atoms with E-state index in [-0.39, 0.29) is 6.04 Å². The predicted molar refractivity (Wildman–Crippen MR) is 72.6 cm³/mol. The zero-order chi connectivity index (χ0) is 13.7. The lowest BCUT2D eigenvalue weighted by Crippen LogP contribution is -2.33. The Bertz CT molecular complexity index is 475. The van der Waals surface area contributed by atoms with Gasteiger partial charge in [0, 0.05) is 12.6 Å². The van der Waals surface area contributed by atoms with Crippen LogP contribution in [0.15, 0.2) is 22.8 Å². The number of tetrazole rings is 1. The fourth-order valence-corrected chi connectivity index (χ4v) is 1.91. The minimum atomic E-state index is 0.164. The summed E-state index contributed by atoms with van der Waals surface area (Å²) in [5.74, 6) is 1.17. The highest BCUT2D eigenvalue weighted by molar-refractivity contribution is 5.43. The van der Waals surface area contributed by atoms with Crippen LogP contribution in [0.1, 0.15) is 39.7 Å². The molecule has 2 rings (SSSR count). The molecule has 2 aromatic rings. The van der Waals surface area contributed by atoms with Gasteiger partial charge in [-0.05, 0) is 37.1 Å². The summed E-state index contributed by atoms with van der Waals surface area (Å²) < 4.78 is 5.25. The molecule has 0 saturated heterocycles. The van der Waals surface area contributed by atoms with Crippen molar-refractivity contribution in [2.24, 2.45) is 0 Å². The average Bonchev–Trinajstić information content (AvgIpc) is 3.10. The molecule has 0 fully saturated rings. The van der Waals surface area contributed by atoms with Crippen molar-refractivity contribution >= 4 is 0 Å². The van der Waals surface area contributed by atoms with Crippen molar-refractivity contribution in [3.63, 3.8) is 0 Å². The molecule has 6 heteroatoms. The molecule has 6 nitrogen and oxygen atoms in total. The van der Waals surface area contributed by atoms with Gasteiger partial charge in [0.25, 0.3) is 0 Å². The van der Waals surface area contributed by atoms with Crippen molar-refractivity contribution in [2.45, 2.75) is 45.7 Å². The quantitative estimate of drug-likeness (QED) is 0.830. The highest BCUT2D eigenvalue weighted by Gasteiger charge is 2.13. The lowest BCUT2D eigenvalue weighted by Gasteiger charge is -2.17. The maximum absolute atomic E-state index is 5.25. The fraction of sp³-hybridized carbons (Fsp3) is 0.615. The van der Waals surface area contributed by atoms with Gasteiger partial charge < -0.3 is 9.73 Å². The summed E-state index contributed by atoms with van der Waals surface area (Å²) in [6, 6.07) is 4.36. The largest absolute Gasteiger partial charge is 0.461 e. The molecule has 0 bridgehead atoms. The molecule has 2 heterocycles. The lowest BCUT2D eigenvalue weighted by molar-refractivity contribution is 0.369. The van der Waals surface area contributed by atoms with Crippen molar-refractivity contribution in [1.82, 2.24) is 25.5 Å². The Morgan fingerprint density at radius 3 is 2.79 bits per heavy atom. The number of nitrogens with one attached hydrogen (secondary N) is 1. The first kappa shape index (κ1) is 13.7. The summed E-state index contributed by atoms with van der Waals surface area (Å²) in [7, 11) is 0. The van der Waals surface area contributed by atoms with Crippen LogP contribution in [0.4, 0.5) is 0 Å². The lowest BCUT2D eigenvalue weighted by atomic mass is 10.1. The molecule has 1 unspecified atom stereocenters. The Balaban J connectivity index is 1.94. The second-order valence-corrected chi connectivity index (χ2v) is 4.68. The second kappa shape index (κ2) is 6.47. The molecule has 1 atom stereocenters. The monoisotopic (exact) mass is 263 g/mol. The molecule has 2 aromatic heterocycles. The first-order valence-corrected chi connectivity index (χ1v) is 6.81. The molecule has 104 valence electrons. The van der Waals surface area contributed by atoms with Crippen LogP contribution < -0.4 is 5.32 Å². The number of furan rings is 1. The molecule has 0 spiro atoms. The van der Waals surface area contributed by atoms with Crippen molar-refractivity contribution in [3.8, 4) is 11.6 Å². The number of nitrogens with zero attached hydrogens (tertiary/aromatic N) is 4. The summed E-state index contributed by atoms with van der Waals surface area (Å²) in [5.41, 5.74) is 0. The van der Waals surface area contributed by atoms with E-state index >= 15 is 0 Å². The van der Waals surface area contributed by atoms with E-state index in [4.69, 9.17) is 4.42 Å². The Morgan fingerprint density at radius 1 is 1.37 bits per heavy atom. The average molecular weight is 263 g/mol. The molecular formula is C13H21N5O. The number of hydrogen-bond acceptors (Lipinski definition) is 5. The summed E-state index contributed by atoms with van der Waals surface area (Å²) in [6.45, 7) is 7.28. The van der Waals surface area contributed by atoms with Gasteiger partial charge >= 0.3 is 0 Å². The number of hydrogen-bond donors (Lipinski definition) is 1. The minimum Gasteiger partial charge on any atom is -0.461 e. The normalized spacial score (nSPS) is 13.1. The maximum atomic E-state index is 5.25. The van der Waals surface area contributed by atoms with Crippen molar-refractivity contribution in [1.29, 1.82) is 0 Å². The van der Waals surface area contributed by atoms with E-state index in [0.717, 1.165) is 19.4 Å². The van der Waals surface area contributed by atoms with Crippen LogP contribution in [0, 0.1) is 0 Å². The standard InChI is InChI=1S/C13H21N5O/c1-4-11(5-2)14-9-10(3)18-16-13(15-17-18)12-7-6-8-19-12/h6-8,10-11,14H,4-5,9H2,1-3H3. The van der Waals surface area contributed by atoms with Gasteiger partial charge in [-0.25, -0.2) is 0 Å². The van der Waals surface area contributed by atoms with Crippen molar-refractivity contribution in [2.75, 3.05) is 6.54 Å². The third-order valence-electron chi connectivity index (χ3n) is 3.25. The van der Waals surface area contributed by atoms with Gasteiger partial charge in [0.1, 0.15) is 0 Å². The molecule has 1 N–H and O–H groups in total. The smallest absolute Gasteiger partial charge is 0.240 e. The first-order valence-electron chi connectivity index (χ1n) is 6.81. The molecule has 0 radical (unpaired) electrons. The predicted octanol–water partition coefficient (Wildman–Crippen LogP) is 2.27. The topological polar surface area (TPSA) is 68.8 Å². The molecule has 0 aliphatic carbocycles. The van der Waals surface area contributed by atoms with E-state index in [1.165, 1.54) is 0 Å². The number of rotatable bonds is 7. The van der Waals surface area contributed by atoms with Gasteiger partial charge in [-0.1, -0.05) is 13.8 Å². The molecule has 0 aliphatic rings. The molecule has 19 heavy (non-hydrogen) atoms. The van der Waals surface area contributed by atoms with Crippen LogP contribution >= 0.6 is 0 Å². The Hall–Kier alpha value is -1.69. The first-order chi connectivity index (χ1) is 9.24. The highest BCUT2D eigenvalue weighted by atomic mass is 16.3. The Morgan fingerprint density at radius 2 is 2.16 bits per heavy atom. The van der Waals surface area contributed by atoms with Gasteiger partial charge in [-0.3, -0.25) is 0 Å². The molecule has 0 aliphatic heterocycles.